The lowest BCUT2D eigenvalue weighted by molar-refractivity contribution is -0.150. The number of carbonyl (C=O) groups is 3. The number of aliphatic hydroxyl groups is 1. The number of aromatic nitrogens is 3. The number of nitrogens with zero attached hydrogens (tertiary/aromatic N) is 5. The highest BCUT2D eigenvalue weighted by atomic mass is 19.1. The average molecular weight is 493 g/mol. The number of amides is 3. The maximum Gasteiger partial charge on any atom is 0.248 e. The first-order valence-electron chi connectivity index (χ1n) is 12.4. The number of hydrogen-bond donors (Lipinski definition) is 2. The van der Waals surface area contributed by atoms with Gasteiger partial charge in [-0.1, -0.05) is 39.8 Å². The van der Waals surface area contributed by atoms with Crippen LogP contribution in [0.2, 0.25) is 0 Å². The molecule has 3 aliphatic rings. The Labute approximate surface area is 205 Å². The Hall–Kier alpha value is -2.56. The van der Waals surface area contributed by atoms with Crippen LogP contribution >= 0.6 is 0 Å². The van der Waals surface area contributed by atoms with E-state index in [2.05, 4.69) is 15.6 Å². The van der Waals surface area contributed by atoms with Gasteiger partial charge >= 0.3 is 0 Å². The van der Waals surface area contributed by atoms with Crippen LogP contribution in [0.15, 0.2) is 6.20 Å². The Kier molecular flexibility index (Phi) is 6.67. The first-order chi connectivity index (χ1) is 16.3. The van der Waals surface area contributed by atoms with E-state index in [0.717, 1.165) is 18.5 Å². The van der Waals surface area contributed by atoms with Gasteiger partial charge in [0.25, 0.3) is 0 Å². The minimum absolute atomic E-state index is 0.0190. The van der Waals surface area contributed by atoms with Crippen molar-refractivity contribution in [3.63, 3.8) is 0 Å². The lowest BCUT2D eigenvalue weighted by Crippen LogP contribution is -2.66. The number of hydrogen-bond acceptors (Lipinski definition) is 6. The van der Waals surface area contributed by atoms with Crippen molar-refractivity contribution in [1.82, 2.24) is 30.1 Å². The van der Waals surface area contributed by atoms with Crippen molar-refractivity contribution in [3.8, 4) is 0 Å². The summed E-state index contributed by atoms with van der Waals surface area (Å²) in [4.78, 5) is 41.6. The summed E-state index contributed by atoms with van der Waals surface area (Å²) in [5.41, 5.74) is -1.36. The molecule has 11 heteroatoms. The molecule has 1 aromatic rings. The first kappa shape index (κ1) is 25.5. The van der Waals surface area contributed by atoms with Gasteiger partial charge in [-0.05, 0) is 18.3 Å². The van der Waals surface area contributed by atoms with E-state index >= 15 is 0 Å². The van der Waals surface area contributed by atoms with E-state index in [1.54, 1.807) is 24.7 Å². The van der Waals surface area contributed by atoms with Crippen LogP contribution in [0.4, 0.5) is 4.39 Å². The van der Waals surface area contributed by atoms with Crippen molar-refractivity contribution in [2.24, 2.45) is 11.3 Å². The highest BCUT2D eigenvalue weighted by Crippen LogP contribution is 2.40. The summed E-state index contributed by atoms with van der Waals surface area (Å²) in [5.74, 6) is -0.779. The Morgan fingerprint density at radius 2 is 1.89 bits per heavy atom. The monoisotopic (exact) mass is 492 g/mol. The van der Waals surface area contributed by atoms with Crippen molar-refractivity contribution in [3.05, 3.63) is 11.9 Å². The number of rotatable bonds is 7. The largest absolute Gasteiger partial charge is 0.391 e. The predicted octanol–water partition coefficient (Wildman–Crippen LogP) is 1.03. The lowest BCUT2D eigenvalue weighted by atomic mass is 9.85. The fraction of sp³-hybridized carbons (Fsp3) is 0.792. The van der Waals surface area contributed by atoms with Gasteiger partial charge in [0.1, 0.15) is 12.1 Å². The van der Waals surface area contributed by atoms with Crippen molar-refractivity contribution in [2.75, 3.05) is 26.2 Å². The third-order valence-corrected chi connectivity index (χ3v) is 7.04. The molecule has 4 rings (SSSR count). The molecule has 35 heavy (non-hydrogen) atoms. The van der Waals surface area contributed by atoms with Gasteiger partial charge in [-0.3, -0.25) is 14.4 Å². The van der Waals surface area contributed by atoms with Crippen molar-refractivity contribution in [1.29, 1.82) is 0 Å². The SMILES string of the molecule is CC(C)C(=O)N1CC(F)(CNC(=O)[C@@H]2C[C@@H](O)CN2C(=O)[C@@H](n2cc(C3CC3)nn2)C(C)(C)C)C1. The van der Waals surface area contributed by atoms with Crippen molar-refractivity contribution >= 4 is 17.7 Å². The normalized spacial score (nSPS) is 24.9. The fourth-order valence-electron chi connectivity index (χ4n) is 4.96. The second kappa shape index (κ2) is 9.15. The maximum absolute atomic E-state index is 15.0. The molecule has 3 atom stereocenters. The van der Waals surface area contributed by atoms with Crippen LogP contribution in [0.3, 0.4) is 0 Å². The molecule has 2 aliphatic heterocycles. The van der Waals surface area contributed by atoms with E-state index in [4.69, 9.17) is 0 Å². The molecule has 0 radical (unpaired) electrons. The summed E-state index contributed by atoms with van der Waals surface area (Å²) >= 11 is 0. The molecule has 3 fully saturated rings. The molecule has 1 aliphatic carbocycles. The Bertz CT molecular complexity index is 979. The molecule has 1 aromatic heterocycles. The number of carbonyl (C=O) groups excluding carboxylic acids is 3. The number of halogens is 1. The van der Waals surface area contributed by atoms with Gasteiger partial charge in [0, 0.05) is 31.0 Å². The van der Waals surface area contributed by atoms with Crippen LogP contribution in [-0.4, -0.2) is 91.6 Å². The van der Waals surface area contributed by atoms with Crippen LogP contribution in [0.5, 0.6) is 0 Å². The van der Waals surface area contributed by atoms with Gasteiger partial charge in [0.05, 0.1) is 31.4 Å². The fourth-order valence-corrected chi connectivity index (χ4v) is 4.96. The van der Waals surface area contributed by atoms with Gasteiger partial charge in [0.2, 0.25) is 17.7 Å². The van der Waals surface area contributed by atoms with E-state index in [0.29, 0.717) is 5.92 Å². The number of aliphatic hydroxyl groups excluding tert-OH is 1. The van der Waals surface area contributed by atoms with Gasteiger partial charge in [-0.15, -0.1) is 5.10 Å². The molecule has 0 unspecified atom stereocenters. The smallest absolute Gasteiger partial charge is 0.248 e. The summed E-state index contributed by atoms with van der Waals surface area (Å²) < 4.78 is 16.6. The topological polar surface area (TPSA) is 121 Å². The summed E-state index contributed by atoms with van der Waals surface area (Å²) in [5, 5.41) is 21.4. The molecule has 1 saturated carbocycles. The van der Waals surface area contributed by atoms with Crippen molar-refractivity contribution < 1.29 is 23.9 Å². The van der Waals surface area contributed by atoms with Crippen LogP contribution < -0.4 is 5.32 Å². The molecular formula is C24H37FN6O4. The minimum atomic E-state index is -1.69. The average Bonchev–Trinajstić information content (AvgIpc) is 3.36. The number of alkyl halides is 1. The van der Waals surface area contributed by atoms with E-state index in [1.165, 1.54) is 9.80 Å². The first-order valence-corrected chi connectivity index (χ1v) is 12.4. The van der Waals surface area contributed by atoms with Gasteiger partial charge < -0.3 is 20.2 Å². The van der Waals surface area contributed by atoms with Crippen LogP contribution in [0.1, 0.15) is 71.5 Å². The summed E-state index contributed by atoms with van der Waals surface area (Å²) in [6, 6.07) is -1.62. The van der Waals surface area contributed by atoms with E-state index in [-0.39, 0.29) is 50.3 Å². The molecular weight excluding hydrogens is 455 g/mol. The zero-order chi connectivity index (χ0) is 25.7. The van der Waals surface area contributed by atoms with E-state index in [1.807, 2.05) is 20.8 Å². The molecule has 2 saturated heterocycles. The van der Waals surface area contributed by atoms with E-state index in [9.17, 15) is 23.9 Å². The van der Waals surface area contributed by atoms with Gasteiger partial charge in [-0.2, -0.15) is 0 Å². The van der Waals surface area contributed by atoms with Crippen LogP contribution in [0, 0.1) is 11.3 Å². The number of β-amino-alcohol motifs (C(OH)–C–C–N with tert-alkyl or cyclic N) is 1. The maximum atomic E-state index is 15.0. The Balaban J connectivity index is 1.43. The standard InChI is InChI=1S/C24H37FN6O4/c1-14(2)21(34)29-12-24(25,13-29)11-26-20(33)18-8-16(32)9-30(18)22(35)19(23(3,4)5)31-10-17(27-28-31)15-6-7-15/h10,14-16,18-19,32H,6-9,11-13H2,1-5H3,(H,26,33)/t16-,18+,19-/m1/s1. The second-order valence-corrected chi connectivity index (χ2v) is 11.8. The number of likely N-dealkylation sites (tertiary alicyclic amines) is 2. The minimum Gasteiger partial charge on any atom is -0.391 e. The predicted molar refractivity (Wildman–Crippen MR) is 125 cm³/mol. The molecule has 3 amide bonds. The highest BCUT2D eigenvalue weighted by molar-refractivity contribution is 5.90. The lowest BCUT2D eigenvalue weighted by Gasteiger charge is -2.45. The van der Waals surface area contributed by atoms with Crippen LogP contribution in [0.25, 0.3) is 0 Å². The van der Waals surface area contributed by atoms with Crippen LogP contribution in [-0.2, 0) is 14.4 Å². The Morgan fingerprint density at radius 3 is 2.46 bits per heavy atom. The zero-order valence-electron chi connectivity index (χ0n) is 21.2. The zero-order valence-corrected chi connectivity index (χ0v) is 21.2. The summed E-state index contributed by atoms with van der Waals surface area (Å²) in [6.07, 6.45) is 3.16. The molecule has 10 nitrogen and oxygen atoms in total. The highest BCUT2D eigenvalue weighted by Gasteiger charge is 2.48. The summed E-state index contributed by atoms with van der Waals surface area (Å²) in [7, 11) is 0. The molecule has 0 spiro atoms. The van der Waals surface area contributed by atoms with E-state index < -0.39 is 35.2 Å². The quantitative estimate of drug-likeness (QED) is 0.587. The summed E-state index contributed by atoms with van der Waals surface area (Å²) in [6.45, 7) is 8.91. The molecule has 0 bridgehead atoms. The van der Waals surface area contributed by atoms with Gasteiger partial charge in [0.15, 0.2) is 5.67 Å². The third kappa shape index (κ3) is 5.34. The van der Waals surface area contributed by atoms with Gasteiger partial charge in [-0.25, -0.2) is 9.07 Å². The molecule has 2 N–H and O–H groups in total. The third-order valence-electron chi connectivity index (χ3n) is 7.04. The van der Waals surface area contributed by atoms with Crippen molar-refractivity contribution in [2.45, 2.75) is 83.7 Å². The molecule has 194 valence electrons. The molecule has 0 aromatic carbocycles. The molecule has 3 heterocycles. The second-order valence-electron chi connectivity index (χ2n) is 11.8. The Morgan fingerprint density at radius 1 is 1.23 bits per heavy atom. The number of nitrogens with one attached hydrogen (secondary N) is 1.